The summed E-state index contributed by atoms with van der Waals surface area (Å²) in [6.07, 6.45) is -0.433. The summed E-state index contributed by atoms with van der Waals surface area (Å²) in [6.45, 7) is 4.39. The van der Waals surface area contributed by atoms with Crippen LogP contribution in [0.3, 0.4) is 0 Å². The molecule has 0 saturated heterocycles. The van der Waals surface area contributed by atoms with Gasteiger partial charge in [0.05, 0.1) is 0 Å². The van der Waals surface area contributed by atoms with Gasteiger partial charge in [0.25, 0.3) is 0 Å². The predicted octanol–water partition coefficient (Wildman–Crippen LogP) is 0.329. The van der Waals surface area contributed by atoms with Crippen molar-refractivity contribution < 1.29 is 24.6 Å². The zero-order chi connectivity index (χ0) is 12.2. The summed E-state index contributed by atoms with van der Waals surface area (Å²) >= 11 is 2.86. The van der Waals surface area contributed by atoms with Crippen LogP contribution in [0.1, 0.15) is 13.3 Å². The molecule has 0 spiro atoms. The normalized spacial score (nSPS) is 10.5. The van der Waals surface area contributed by atoms with E-state index in [-0.39, 0.29) is 4.48 Å². The SMILES string of the molecule is C=C(Br)CC(NC(C)=O)(C(=O)O)C(=O)O. The average Bonchev–Trinajstić information content (AvgIpc) is 1.99. The highest BCUT2D eigenvalue weighted by molar-refractivity contribution is 9.11. The molecule has 0 radical (unpaired) electrons. The topological polar surface area (TPSA) is 104 Å². The van der Waals surface area contributed by atoms with E-state index in [9.17, 15) is 14.4 Å². The Morgan fingerprint density at radius 1 is 1.33 bits per heavy atom. The monoisotopic (exact) mass is 279 g/mol. The van der Waals surface area contributed by atoms with Crippen molar-refractivity contribution in [1.29, 1.82) is 0 Å². The van der Waals surface area contributed by atoms with Crippen molar-refractivity contribution in [3.8, 4) is 0 Å². The van der Waals surface area contributed by atoms with Crippen LogP contribution in [0.2, 0.25) is 0 Å². The van der Waals surface area contributed by atoms with Crippen molar-refractivity contribution >= 4 is 33.8 Å². The third-order valence-corrected chi connectivity index (χ3v) is 1.86. The highest BCUT2D eigenvalue weighted by atomic mass is 79.9. The third-order valence-electron chi connectivity index (χ3n) is 1.58. The van der Waals surface area contributed by atoms with Crippen LogP contribution < -0.4 is 5.32 Å². The molecule has 0 aromatic heterocycles. The van der Waals surface area contributed by atoms with Gasteiger partial charge in [0, 0.05) is 13.3 Å². The molecule has 0 rings (SSSR count). The van der Waals surface area contributed by atoms with Crippen molar-refractivity contribution in [3.05, 3.63) is 11.1 Å². The van der Waals surface area contributed by atoms with E-state index >= 15 is 0 Å². The molecule has 0 bridgehead atoms. The number of hydrogen-bond acceptors (Lipinski definition) is 3. The summed E-state index contributed by atoms with van der Waals surface area (Å²) in [4.78, 5) is 32.5. The van der Waals surface area contributed by atoms with E-state index in [4.69, 9.17) is 10.2 Å². The number of carboxylic acids is 2. The second-order valence-electron chi connectivity index (χ2n) is 2.89. The first-order valence-corrected chi connectivity index (χ1v) is 4.60. The molecule has 15 heavy (non-hydrogen) atoms. The minimum Gasteiger partial charge on any atom is -0.479 e. The first-order valence-electron chi connectivity index (χ1n) is 3.81. The molecule has 0 aromatic carbocycles. The Morgan fingerprint density at radius 2 is 1.73 bits per heavy atom. The number of carbonyl (C=O) groups excluding carboxylic acids is 1. The number of carbonyl (C=O) groups is 3. The largest absolute Gasteiger partial charge is 0.479 e. The van der Waals surface area contributed by atoms with Gasteiger partial charge in [-0.2, -0.15) is 0 Å². The van der Waals surface area contributed by atoms with Crippen LogP contribution in [0, 0.1) is 0 Å². The lowest BCUT2D eigenvalue weighted by Gasteiger charge is -2.24. The fourth-order valence-electron chi connectivity index (χ4n) is 0.982. The summed E-state index contributed by atoms with van der Waals surface area (Å²) in [5, 5.41) is 19.6. The number of amides is 1. The van der Waals surface area contributed by atoms with Crippen molar-refractivity contribution in [2.24, 2.45) is 0 Å². The number of carboxylic acid groups (broad SMARTS) is 2. The summed E-state index contributed by atoms with van der Waals surface area (Å²) in [5.41, 5.74) is -2.37. The number of hydrogen-bond donors (Lipinski definition) is 3. The van der Waals surface area contributed by atoms with E-state index in [0.29, 0.717) is 0 Å². The van der Waals surface area contributed by atoms with Gasteiger partial charge in [0.1, 0.15) is 0 Å². The molecule has 0 aliphatic rings. The molecule has 0 unspecified atom stereocenters. The zero-order valence-electron chi connectivity index (χ0n) is 7.91. The maximum Gasteiger partial charge on any atom is 0.341 e. The second-order valence-corrected chi connectivity index (χ2v) is 4.01. The fourth-order valence-corrected chi connectivity index (χ4v) is 1.40. The van der Waals surface area contributed by atoms with Crippen LogP contribution in [0.15, 0.2) is 11.1 Å². The zero-order valence-corrected chi connectivity index (χ0v) is 9.50. The Labute approximate surface area is 94.1 Å². The van der Waals surface area contributed by atoms with E-state index in [2.05, 4.69) is 22.5 Å². The van der Waals surface area contributed by atoms with Gasteiger partial charge in [-0.1, -0.05) is 22.5 Å². The minimum absolute atomic E-state index is 0.168. The van der Waals surface area contributed by atoms with Crippen LogP contribution in [-0.2, 0) is 14.4 Å². The smallest absolute Gasteiger partial charge is 0.341 e. The quantitative estimate of drug-likeness (QED) is 0.629. The van der Waals surface area contributed by atoms with Gasteiger partial charge in [-0.3, -0.25) is 4.79 Å². The summed E-state index contributed by atoms with van der Waals surface area (Å²) < 4.78 is 0.168. The first kappa shape index (κ1) is 13.6. The molecule has 0 aliphatic carbocycles. The molecule has 0 fully saturated rings. The van der Waals surface area contributed by atoms with Gasteiger partial charge in [-0.15, -0.1) is 0 Å². The molecule has 3 N–H and O–H groups in total. The van der Waals surface area contributed by atoms with E-state index in [1.165, 1.54) is 0 Å². The van der Waals surface area contributed by atoms with Crippen LogP contribution in [0.4, 0.5) is 0 Å². The fraction of sp³-hybridized carbons (Fsp3) is 0.375. The molecule has 84 valence electrons. The molecule has 6 nitrogen and oxygen atoms in total. The molecule has 0 saturated carbocycles. The summed E-state index contributed by atoms with van der Waals surface area (Å²) in [5.74, 6) is -4.04. The maximum absolute atomic E-state index is 10.9. The number of aliphatic carboxylic acids is 2. The van der Waals surface area contributed by atoms with Crippen LogP contribution in [0.25, 0.3) is 0 Å². The maximum atomic E-state index is 10.9. The van der Waals surface area contributed by atoms with E-state index in [0.717, 1.165) is 6.92 Å². The average molecular weight is 280 g/mol. The second kappa shape index (κ2) is 4.92. The van der Waals surface area contributed by atoms with Crippen LogP contribution in [-0.4, -0.2) is 33.6 Å². The van der Waals surface area contributed by atoms with Gasteiger partial charge < -0.3 is 15.5 Å². The van der Waals surface area contributed by atoms with Crippen LogP contribution in [0.5, 0.6) is 0 Å². The molecule has 0 atom stereocenters. The molecular formula is C8H10BrNO5. The van der Waals surface area contributed by atoms with E-state index in [1.54, 1.807) is 0 Å². The Morgan fingerprint density at radius 3 is 1.93 bits per heavy atom. The Hall–Kier alpha value is -1.37. The third kappa shape index (κ3) is 3.35. The predicted molar refractivity (Wildman–Crippen MR) is 54.5 cm³/mol. The van der Waals surface area contributed by atoms with Crippen molar-refractivity contribution in [1.82, 2.24) is 5.32 Å². The lowest BCUT2D eigenvalue weighted by Crippen LogP contribution is -2.59. The minimum atomic E-state index is -2.37. The lowest BCUT2D eigenvalue weighted by atomic mass is 9.95. The standard InChI is InChI=1S/C8H10BrNO5/c1-4(9)3-8(6(12)13,7(14)15)10-5(2)11/h1,3H2,2H3,(H,10,11)(H,12,13)(H,14,15). The molecule has 7 heteroatoms. The van der Waals surface area contributed by atoms with Gasteiger partial charge in [-0.05, 0) is 4.48 Å². The summed E-state index contributed by atoms with van der Waals surface area (Å²) in [6, 6.07) is 0. The van der Waals surface area contributed by atoms with Crippen molar-refractivity contribution in [2.75, 3.05) is 0 Å². The van der Waals surface area contributed by atoms with Crippen molar-refractivity contribution in [2.45, 2.75) is 18.9 Å². The molecular weight excluding hydrogens is 270 g/mol. The Balaban J connectivity index is 5.26. The first-order chi connectivity index (χ1) is 6.72. The molecule has 0 aliphatic heterocycles. The highest BCUT2D eigenvalue weighted by Crippen LogP contribution is 2.20. The van der Waals surface area contributed by atoms with E-state index in [1.807, 2.05) is 5.32 Å². The number of halogens is 1. The Kier molecular flexibility index (Phi) is 4.47. The highest BCUT2D eigenvalue weighted by Gasteiger charge is 2.47. The van der Waals surface area contributed by atoms with Crippen LogP contribution >= 0.6 is 15.9 Å². The number of nitrogens with one attached hydrogen (secondary N) is 1. The lowest BCUT2D eigenvalue weighted by molar-refractivity contribution is -0.161. The van der Waals surface area contributed by atoms with Gasteiger partial charge in [0.2, 0.25) is 11.4 Å². The number of rotatable bonds is 5. The van der Waals surface area contributed by atoms with Gasteiger partial charge in [-0.25, -0.2) is 9.59 Å². The van der Waals surface area contributed by atoms with Crippen molar-refractivity contribution in [3.63, 3.8) is 0 Å². The molecule has 0 aromatic rings. The van der Waals surface area contributed by atoms with Gasteiger partial charge in [0.15, 0.2) is 0 Å². The summed E-state index contributed by atoms with van der Waals surface area (Å²) in [7, 11) is 0. The van der Waals surface area contributed by atoms with Gasteiger partial charge >= 0.3 is 11.9 Å². The molecule has 0 heterocycles. The van der Waals surface area contributed by atoms with E-state index < -0.39 is 29.8 Å². The molecule has 1 amide bonds. The Bertz CT molecular complexity index is 293.